The van der Waals surface area contributed by atoms with Gasteiger partial charge in [-0.25, -0.2) is 4.57 Å². The van der Waals surface area contributed by atoms with Crippen molar-refractivity contribution in [1.82, 2.24) is 0 Å². The largest absolute Gasteiger partial charge is 1.00 e. The topological polar surface area (TPSA) is 3.88 Å². The van der Waals surface area contributed by atoms with E-state index in [0.29, 0.717) is 0 Å². The molecule has 1 heterocycles. The van der Waals surface area contributed by atoms with Crippen LogP contribution < -0.4 is 21.5 Å². The van der Waals surface area contributed by atoms with Crippen molar-refractivity contribution in [1.29, 1.82) is 0 Å². The lowest BCUT2D eigenvalue weighted by atomic mass is 10.3. The Kier molecular flexibility index (Phi) is 5.99. The molecule has 1 rings (SSSR count). The quantitative estimate of drug-likeness (QED) is 0.592. The first-order valence-electron chi connectivity index (χ1n) is 4.28. The summed E-state index contributed by atoms with van der Waals surface area (Å²) in [6, 6.07) is 4.30. The van der Waals surface area contributed by atoms with Gasteiger partial charge in [0.25, 0.3) is 0 Å². The fourth-order valence-corrected chi connectivity index (χ4v) is 1.02. The average molecular weight is 230 g/mol. The number of aryl methyl sites for hydroxylation is 2. The maximum absolute atomic E-state index is 2.23. The second-order valence-electron chi connectivity index (χ2n) is 2.97. The van der Waals surface area contributed by atoms with E-state index in [9.17, 15) is 0 Å². The average Bonchev–Trinajstić information content (AvgIpc) is 2.04. The minimum atomic E-state index is 0. The van der Waals surface area contributed by atoms with Crippen molar-refractivity contribution in [2.24, 2.45) is 0 Å². The Hall–Kier alpha value is -0.370. The van der Waals surface area contributed by atoms with Gasteiger partial charge in [-0.2, -0.15) is 0 Å². The summed E-state index contributed by atoms with van der Waals surface area (Å²) in [5, 5.41) is 0. The lowest BCUT2D eigenvalue weighted by molar-refractivity contribution is -0.697. The second-order valence-corrected chi connectivity index (χ2v) is 2.97. The van der Waals surface area contributed by atoms with Crippen LogP contribution in [0.4, 0.5) is 0 Å². The number of aromatic nitrogens is 1. The molecule has 1 aromatic heterocycles. The van der Waals surface area contributed by atoms with Crippen LogP contribution >= 0.6 is 0 Å². The fourth-order valence-electron chi connectivity index (χ4n) is 1.02. The molecule has 0 atom stereocenters. The molecule has 0 aromatic carbocycles. The van der Waals surface area contributed by atoms with Crippen molar-refractivity contribution < 1.29 is 21.5 Å². The molecule has 0 aliphatic rings. The van der Waals surface area contributed by atoms with Crippen LogP contribution in [0, 0.1) is 6.92 Å². The van der Waals surface area contributed by atoms with Crippen molar-refractivity contribution >= 4 is 0 Å². The molecular formula is C10H16BrN. The molecule has 0 aliphatic heterocycles. The number of hydrogen-bond acceptors (Lipinski definition) is 0. The van der Waals surface area contributed by atoms with E-state index in [4.69, 9.17) is 0 Å². The Morgan fingerprint density at radius 3 is 2.33 bits per heavy atom. The minimum absolute atomic E-state index is 0. The molecule has 0 spiro atoms. The van der Waals surface area contributed by atoms with E-state index in [2.05, 4.69) is 42.9 Å². The molecule has 1 nitrogen and oxygen atoms in total. The number of hydrogen-bond donors (Lipinski definition) is 0. The van der Waals surface area contributed by atoms with Crippen LogP contribution in [0.2, 0.25) is 0 Å². The van der Waals surface area contributed by atoms with E-state index >= 15 is 0 Å². The number of rotatable bonds is 3. The molecule has 0 amide bonds. The van der Waals surface area contributed by atoms with Crippen molar-refractivity contribution in [3.63, 3.8) is 0 Å². The molecule has 0 fully saturated rings. The Morgan fingerprint density at radius 1 is 1.25 bits per heavy atom. The van der Waals surface area contributed by atoms with E-state index in [0.717, 1.165) is 6.54 Å². The van der Waals surface area contributed by atoms with Crippen molar-refractivity contribution in [2.45, 2.75) is 33.2 Å². The number of nitrogens with zero attached hydrogens (tertiary/aromatic N) is 1. The summed E-state index contributed by atoms with van der Waals surface area (Å²) < 4.78 is 2.23. The van der Waals surface area contributed by atoms with Crippen LogP contribution in [0.1, 0.15) is 25.3 Å². The van der Waals surface area contributed by atoms with Crippen molar-refractivity contribution in [3.05, 3.63) is 30.1 Å². The van der Waals surface area contributed by atoms with Crippen LogP contribution in [0.5, 0.6) is 0 Å². The zero-order chi connectivity index (χ0) is 8.10. The number of unbranched alkanes of at least 4 members (excludes halogenated alkanes) is 1. The van der Waals surface area contributed by atoms with Gasteiger partial charge in [-0.15, -0.1) is 0 Å². The second kappa shape index (κ2) is 6.18. The zero-order valence-electron chi connectivity index (χ0n) is 7.76. The summed E-state index contributed by atoms with van der Waals surface area (Å²) in [6.07, 6.45) is 6.82. The SMILES string of the molecule is CCCC[n+]1ccc(C)cc1.[Br-]. The van der Waals surface area contributed by atoms with Gasteiger partial charge in [0.05, 0.1) is 0 Å². The van der Waals surface area contributed by atoms with E-state index in [1.54, 1.807) is 0 Å². The normalized spacial score (nSPS) is 9.17. The van der Waals surface area contributed by atoms with Gasteiger partial charge in [-0.05, 0) is 12.5 Å². The van der Waals surface area contributed by atoms with Gasteiger partial charge in [0, 0.05) is 18.6 Å². The highest BCUT2D eigenvalue weighted by Crippen LogP contribution is 1.91. The van der Waals surface area contributed by atoms with Crippen LogP contribution in [0.3, 0.4) is 0 Å². The Labute approximate surface area is 85.2 Å². The number of pyridine rings is 1. The molecule has 0 radical (unpaired) electrons. The lowest BCUT2D eigenvalue weighted by Crippen LogP contribution is -3.00. The molecule has 0 saturated carbocycles. The van der Waals surface area contributed by atoms with Crippen LogP contribution in [-0.4, -0.2) is 0 Å². The van der Waals surface area contributed by atoms with Crippen LogP contribution in [-0.2, 0) is 6.54 Å². The molecular weight excluding hydrogens is 214 g/mol. The van der Waals surface area contributed by atoms with Crippen LogP contribution in [0.25, 0.3) is 0 Å². The molecule has 0 N–H and O–H groups in total. The van der Waals surface area contributed by atoms with Gasteiger partial charge in [-0.3, -0.25) is 0 Å². The summed E-state index contributed by atoms with van der Waals surface area (Å²) in [5.41, 5.74) is 1.33. The van der Waals surface area contributed by atoms with Gasteiger partial charge >= 0.3 is 0 Å². The molecule has 2 heteroatoms. The Morgan fingerprint density at radius 2 is 1.83 bits per heavy atom. The first kappa shape index (κ1) is 11.6. The highest BCUT2D eigenvalue weighted by molar-refractivity contribution is 5.03. The monoisotopic (exact) mass is 229 g/mol. The summed E-state index contributed by atoms with van der Waals surface area (Å²) in [7, 11) is 0. The molecule has 0 unspecified atom stereocenters. The third-order valence-corrected chi connectivity index (χ3v) is 1.83. The lowest BCUT2D eigenvalue weighted by Gasteiger charge is -1.94. The first-order chi connectivity index (χ1) is 5.33. The van der Waals surface area contributed by atoms with Crippen molar-refractivity contribution in [2.75, 3.05) is 0 Å². The van der Waals surface area contributed by atoms with E-state index in [1.165, 1.54) is 18.4 Å². The van der Waals surface area contributed by atoms with Gasteiger partial charge in [0.15, 0.2) is 12.4 Å². The van der Waals surface area contributed by atoms with Crippen LogP contribution in [0.15, 0.2) is 24.5 Å². The first-order valence-corrected chi connectivity index (χ1v) is 4.28. The highest BCUT2D eigenvalue weighted by Gasteiger charge is 1.95. The molecule has 68 valence electrons. The molecule has 12 heavy (non-hydrogen) atoms. The standard InChI is InChI=1S/C10H16N.BrH/c1-3-4-7-11-8-5-10(2)6-9-11;/h5-6,8-9H,3-4,7H2,1-2H3;1H/q+1;/p-1. The maximum Gasteiger partial charge on any atom is 0.169 e. The third kappa shape index (κ3) is 3.86. The smallest absolute Gasteiger partial charge is 0.169 e. The molecule has 0 saturated heterocycles. The zero-order valence-corrected chi connectivity index (χ0v) is 9.34. The highest BCUT2D eigenvalue weighted by atomic mass is 79.9. The summed E-state index contributed by atoms with van der Waals surface area (Å²) in [6.45, 7) is 5.48. The molecule has 0 bridgehead atoms. The summed E-state index contributed by atoms with van der Waals surface area (Å²) >= 11 is 0. The fraction of sp³-hybridized carbons (Fsp3) is 0.500. The number of halogens is 1. The molecule has 1 aromatic rings. The molecule has 0 aliphatic carbocycles. The Bertz CT molecular complexity index is 206. The summed E-state index contributed by atoms with van der Waals surface area (Å²) in [4.78, 5) is 0. The third-order valence-electron chi connectivity index (χ3n) is 1.83. The van der Waals surface area contributed by atoms with Gasteiger partial charge < -0.3 is 17.0 Å². The predicted molar refractivity (Wildman–Crippen MR) is 46.3 cm³/mol. The van der Waals surface area contributed by atoms with Gasteiger partial charge in [0.1, 0.15) is 6.54 Å². The van der Waals surface area contributed by atoms with Gasteiger partial charge in [-0.1, -0.05) is 13.3 Å². The van der Waals surface area contributed by atoms with E-state index in [-0.39, 0.29) is 17.0 Å². The van der Waals surface area contributed by atoms with E-state index < -0.39 is 0 Å². The maximum atomic E-state index is 2.23. The van der Waals surface area contributed by atoms with E-state index in [1.807, 2.05) is 0 Å². The van der Waals surface area contributed by atoms with Gasteiger partial charge in [0.2, 0.25) is 0 Å². The Balaban J connectivity index is 0.00000121. The minimum Gasteiger partial charge on any atom is -1.00 e. The van der Waals surface area contributed by atoms with Crippen molar-refractivity contribution in [3.8, 4) is 0 Å². The predicted octanol–water partition coefficient (Wildman–Crippen LogP) is -0.913. The summed E-state index contributed by atoms with van der Waals surface area (Å²) in [5.74, 6) is 0.